The van der Waals surface area contributed by atoms with Gasteiger partial charge in [0, 0.05) is 0 Å². The van der Waals surface area contributed by atoms with Gasteiger partial charge < -0.3 is 19.1 Å². The molecule has 3 aliphatic heterocycles. The maximum absolute atomic E-state index is 12.5. The van der Waals surface area contributed by atoms with Crippen molar-refractivity contribution < 1.29 is 23.8 Å². The highest BCUT2D eigenvalue weighted by atomic mass is 16.6. The molecule has 3 saturated heterocycles. The lowest BCUT2D eigenvalue weighted by Crippen LogP contribution is -2.46. The number of epoxide rings is 2. The number of hydrogen-bond donors (Lipinski definition) is 0. The van der Waals surface area contributed by atoms with Crippen LogP contribution in [0.3, 0.4) is 0 Å². The minimum absolute atomic E-state index is 0.0690. The molecule has 118 valence electrons. The van der Waals surface area contributed by atoms with E-state index in [-0.39, 0.29) is 30.2 Å². The average Bonchev–Trinajstić information content (AvgIpc) is 3.29. The smallest absolute Gasteiger partial charge is 0.328 e. The number of imide groups is 1. The van der Waals surface area contributed by atoms with Crippen LogP contribution >= 0.6 is 0 Å². The molecule has 0 aromatic carbocycles. The van der Waals surface area contributed by atoms with Crippen LogP contribution < -0.4 is 0 Å². The van der Waals surface area contributed by atoms with Gasteiger partial charge in [-0.15, -0.1) is 0 Å². The molecule has 0 aromatic rings. The summed E-state index contributed by atoms with van der Waals surface area (Å²) in [6, 6.07) is -0.535. The molecule has 3 aliphatic rings. The molecule has 0 aromatic heterocycles. The highest BCUT2D eigenvalue weighted by Gasteiger charge is 2.53. The van der Waals surface area contributed by atoms with Crippen molar-refractivity contribution in [3.8, 4) is 0 Å². The predicted octanol–water partition coefficient (Wildman–Crippen LogP) is 0.232. The van der Waals surface area contributed by atoms with Gasteiger partial charge in [-0.2, -0.15) is 0 Å². The van der Waals surface area contributed by atoms with E-state index >= 15 is 0 Å². The monoisotopic (exact) mass is 298 g/mol. The lowest BCUT2D eigenvalue weighted by molar-refractivity contribution is -0.134. The zero-order valence-electron chi connectivity index (χ0n) is 12.7. The molecule has 3 atom stereocenters. The Bertz CT molecular complexity index is 445. The number of nitrogens with zero attached hydrogens (tertiary/aromatic N) is 2. The lowest BCUT2D eigenvalue weighted by atomic mass is 10.0. The van der Waals surface area contributed by atoms with Gasteiger partial charge in [0.2, 0.25) is 0 Å². The molecule has 0 saturated carbocycles. The summed E-state index contributed by atoms with van der Waals surface area (Å²) in [4.78, 5) is 28.0. The van der Waals surface area contributed by atoms with E-state index in [0.29, 0.717) is 26.4 Å². The second-order valence-electron chi connectivity index (χ2n) is 6.42. The fourth-order valence-electron chi connectivity index (χ4n) is 2.55. The standard InChI is InChI=1S/C14H22N2O5/c1-9(5-19-6-11-8-21-11)16-12(17)14(2,3)15(13(16)18)4-10-7-20-10/h9-11H,4-8H2,1-3H3. The molecule has 3 fully saturated rings. The van der Waals surface area contributed by atoms with Crippen molar-refractivity contribution in [1.29, 1.82) is 0 Å². The summed E-state index contributed by atoms with van der Waals surface area (Å²) in [6.07, 6.45) is 0.252. The van der Waals surface area contributed by atoms with E-state index in [0.717, 1.165) is 6.61 Å². The van der Waals surface area contributed by atoms with Crippen LogP contribution in [-0.4, -0.2) is 78.5 Å². The van der Waals surface area contributed by atoms with Crippen LogP contribution in [0.4, 0.5) is 4.79 Å². The minimum Gasteiger partial charge on any atom is -0.377 e. The summed E-state index contributed by atoms with van der Waals surface area (Å²) in [6.45, 7) is 8.10. The first-order valence-electron chi connectivity index (χ1n) is 7.37. The molecule has 3 heterocycles. The second kappa shape index (κ2) is 5.23. The SMILES string of the molecule is CC(COCC1CO1)N1C(=O)N(CC2CO2)C(C)(C)C1=O. The van der Waals surface area contributed by atoms with Crippen LogP contribution in [0.1, 0.15) is 20.8 Å². The van der Waals surface area contributed by atoms with Crippen molar-refractivity contribution in [3.63, 3.8) is 0 Å². The number of carbonyl (C=O) groups is 2. The van der Waals surface area contributed by atoms with Crippen molar-refractivity contribution in [2.45, 2.75) is 44.6 Å². The predicted molar refractivity (Wildman–Crippen MR) is 72.8 cm³/mol. The van der Waals surface area contributed by atoms with Gasteiger partial charge in [-0.05, 0) is 20.8 Å². The molecular weight excluding hydrogens is 276 g/mol. The number of amides is 3. The third-order valence-corrected chi connectivity index (χ3v) is 4.15. The number of carbonyl (C=O) groups excluding carboxylic acids is 2. The van der Waals surface area contributed by atoms with Gasteiger partial charge in [-0.3, -0.25) is 9.69 Å². The van der Waals surface area contributed by atoms with E-state index in [1.807, 2.05) is 6.92 Å². The quantitative estimate of drug-likeness (QED) is 0.497. The molecule has 0 bridgehead atoms. The van der Waals surface area contributed by atoms with Gasteiger partial charge >= 0.3 is 6.03 Å². The molecule has 3 rings (SSSR count). The molecule has 21 heavy (non-hydrogen) atoms. The maximum Gasteiger partial charge on any atom is 0.328 e. The first kappa shape index (κ1) is 14.7. The van der Waals surface area contributed by atoms with E-state index in [4.69, 9.17) is 14.2 Å². The summed E-state index contributed by atoms with van der Waals surface area (Å²) < 4.78 is 15.8. The fraction of sp³-hybridized carbons (Fsp3) is 0.857. The molecule has 7 nitrogen and oxygen atoms in total. The highest BCUT2D eigenvalue weighted by molar-refractivity contribution is 6.06. The largest absolute Gasteiger partial charge is 0.377 e. The Labute approximate surface area is 124 Å². The Hall–Kier alpha value is -1.18. The Morgan fingerprint density at radius 2 is 1.90 bits per heavy atom. The van der Waals surface area contributed by atoms with Crippen molar-refractivity contribution in [2.24, 2.45) is 0 Å². The van der Waals surface area contributed by atoms with Gasteiger partial charge in [-0.25, -0.2) is 4.79 Å². The third kappa shape index (κ3) is 2.90. The van der Waals surface area contributed by atoms with Gasteiger partial charge in [0.15, 0.2) is 0 Å². The van der Waals surface area contributed by atoms with Gasteiger partial charge in [0.1, 0.15) is 11.6 Å². The number of ether oxygens (including phenoxy) is 3. The summed E-state index contributed by atoms with van der Waals surface area (Å²) in [5.74, 6) is -0.174. The molecule has 0 spiro atoms. The Morgan fingerprint density at radius 1 is 1.29 bits per heavy atom. The summed E-state index contributed by atoms with van der Waals surface area (Å²) in [5, 5.41) is 0. The zero-order chi connectivity index (χ0) is 15.2. The third-order valence-electron chi connectivity index (χ3n) is 4.15. The normalized spacial score (nSPS) is 31.8. The highest BCUT2D eigenvalue weighted by Crippen LogP contribution is 2.31. The molecule has 0 aliphatic carbocycles. The van der Waals surface area contributed by atoms with Crippen LogP contribution in [0, 0.1) is 0 Å². The Kier molecular flexibility index (Phi) is 3.67. The van der Waals surface area contributed by atoms with Crippen LogP contribution in [0.25, 0.3) is 0 Å². The topological polar surface area (TPSA) is 74.9 Å². The van der Waals surface area contributed by atoms with Gasteiger partial charge in [0.25, 0.3) is 5.91 Å². The molecule has 3 amide bonds. The van der Waals surface area contributed by atoms with Crippen molar-refractivity contribution in [1.82, 2.24) is 9.80 Å². The van der Waals surface area contributed by atoms with Crippen molar-refractivity contribution in [2.75, 3.05) is 33.0 Å². The van der Waals surface area contributed by atoms with E-state index < -0.39 is 5.54 Å². The Morgan fingerprint density at radius 3 is 2.48 bits per heavy atom. The number of urea groups is 1. The maximum atomic E-state index is 12.5. The van der Waals surface area contributed by atoms with Crippen molar-refractivity contribution in [3.05, 3.63) is 0 Å². The molecule has 0 N–H and O–H groups in total. The summed E-state index contributed by atoms with van der Waals surface area (Å²) >= 11 is 0. The van der Waals surface area contributed by atoms with E-state index in [1.165, 1.54) is 4.90 Å². The molecule has 0 radical (unpaired) electrons. The first-order chi connectivity index (χ1) is 9.91. The molecular formula is C14H22N2O5. The van der Waals surface area contributed by atoms with Gasteiger partial charge in [-0.1, -0.05) is 0 Å². The minimum atomic E-state index is -0.823. The average molecular weight is 298 g/mol. The Balaban J connectivity index is 1.62. The number of hydrogen-bond acceptors (Lipinski definition) is 5. The summed E-state index contributed by atoms with van der Waals surface area (Å²) in [7, 11) is 0. The first-order valence-corrected chi connectivity index (χ1v) is 7.37. The summed E-state index contributed by atoms with van der Waals surface area (Å²) in [5.41, 5.74) is -0.823. The van der Waals surface area contributed by atoms with E-state index in [9.17, 15) is 9.59 Å². The van der Waals surface area contributed by atoms with Crippen LogP contribution in [0.5, 0.6) is 0 Å². The molecule has 3 unspecified atom stereocenters. The molecule has 7 heteroatoms. The van der Waals surface area contributed by atoms with Crippen LogP contribution in [0.15, 0.2) is 0 Å². The zero-order valence-corrected chi connectivity index (χ0v) is 12.7. The van der Waals surface area contributed by atoms with Crippen LogP contribution in [-0.2, 0) is 19.0 Å². The number of rotatable bonds is 7. The van der Waals surface area contributed by atoms with E-state index in [2.05, 4.69) is 0 Å². The fourth-order valence-corrected chi connectivity index (χ4v) is 2.55. The lowest BCUT2D eigenvalue weighted by Gasteiger charge is -2.26. The second-order valence-corrected chi connectivity index (χ2v) is 6.42. The van der Waals surface area contributed by atoms with E-state index in [1.54, 1.807) is 18.7 Å². The van der Waals surface area contributed by atoms with Gasteiger partial charge in [0.05, 0.1) is 45.1 Å². The van der Waals surface area contributed by atoms with Crippen LogP contribution in [0.2, 0.25) is 0 Å². The van der Waals surface area contributed by atoms with Crippen molar-refractivity contribution >= 4 is 11.9 Å².